The van der Waals surface area contributed by atoms with Crippen LogP contribution in [0.15, 0.2) is 0 Å². The molecule has 0 aromatic rings. The fourth-order valence-electron chi connectivity index (χ4n) is 0.544. The van der Waals surface area contributed by atoms with Crippen LogP contribution in [-0.4, -0.2) is 43.7 Å². The summed E-state index contributed by atoms with van der Waals surface area (Å²) < 4.78 is 26.1. The molecule has 6 heteroatoms. The van der Waals surface area contributed by atoms with Gasteiger partial charge in [-0.1, -0.05) is 6.92 Å². The maximum atomic E-state index is 10.8. The Bertz CT molecular complexity index is 198. The predicted molar refractivity (Wildman–Crippen MR) is 43.1 cm³/mol. The van der Waals surface area contributed by atoms with E-state index in [0.717, 1.165) is 0 Å². The molecule has 0 spiro atoms. The van der Waals surface area contributed by atoms with Crippen molar-refractivity contribution >= 4 is 10.1 Å². The standard InChI is InChI=1S/C6H14O5S/c1-2-3-12(9,10)11-5-6(8)4-7/h6-8H,2-5H2,1H3. The second-order valence-electron chi connectivity index (χ2n) is 2.38. The van der Waals surface area contributed by atoms with Crippen LogP contribution in [0.4, 0.5) is 0 Å². The third-order valence-corrected chi connectivity index (χ3v) is 2.51. The molecule has 0 aliphatic heterocycles. The lowest BCUT2D eigenvalue weighted by molar-refractivity contribution is 0.0557. The van der Waals surface area contributed by atoms with Crippen LogP contribution in [0, 0.1) is 0 Å². The third kappa shape index (κ3) is 5.48. The smallest absolute Gasteiger partial charge is 0.267 e. The van der Waals surface area contributed by atoms with Crippen molar-refractivity contribution in [1.29, 1.82) is 0 Å². The van der Waals surface area contributed by atoms with E-state index in [1.54, 1.807) is 6.92 Å². The van der Waals surface area contributed by atoms with Crippen LogP contribution in [0.3, 0.4) is 0 Å². The van der Waals surface area contributed by atoms with Crippen LogP contribution in [0.1, 0.15) is 13.3 Å². The summed E-state index contributed by atoms with van der Waals surface area (Å²) in [5.41, 5.74) is 0. The van der Waals surface area contributed by atoms with Gasteiger partial charge in [0, 0.05) is 0 Å². The van der Waals surface area contributed by atoms with E-state index in [4.69, 9.17) is 10.2 Å². The Labute approximate surface area is 72.1 Å². The number of hydrogen-bond acceptors (Lipinski definition) is 5. The van der Waals surface area contributed by atoms with Gasteiger partial charge in [-0.25, -0.2) is 0 Å². The van der Waals surface area contributed by atoms with Crippen LogP contribution in [0.2, 0.25) is 0 Å². The van der Waals surface area contributed by atoms with Crippen molar-refractivity contribution in [2.75, 3.05) is 19.0 Å². The van der Waals surface area contributed by atoms with E-state index in [1.807, 2.05) is 0 Å². The molecule has 0 heterocycles. The summed E-state index contributed by atoms with van der Waals surface area (Å²) in [6, 6.07) is 0. The minimum absolute atomic E-state index is 0.0643. The molecule has 0 amide bonds. The first kappa shape index (κ1) is 11.8. The maximum absolute atomic E-state index is 10.8. The topological polar surface area (TPSA) is 83.8 Å². The Morgan fingerprint density at radius 2 is 2.08 bits per heavy atom. The second-order valence-corrected chi connectivity index (χ2v) is 4.14. The fourth-order valence-corrected chi connectivity index (χ4v) is 1.53. The van der Waals surface area contributed by atoms with Crippen LogP contribution in [0.5, 0.6) is 0 Å². The van der Waals surface area contributed by atoms with Crippen LogP contribution < -0.4 is 0 Å². The zero-order chi connectivity index (χ0) is 9.61. The van der Waals surface area contributed by atoms with Crippen LogP contribution in [0.25, 0.3) is 0 Å². The van der Waals surface area contributed by atoms with Gasteiger partial charge in [-0.15, -0.1) is 0 Å². The second kappa shape index (κ2) is 5.47. The molecule has 0 radical (unpaired) electrons. The number of aliphatic hydroxyl groups is 2. The first-order chi connectivity index (χ1) is 5.52. The van der Waals surface area contributed by atoms with Gasteiger partial charge in [0.05, 0.1) is 19.0 Å². The summed E-state index contributed by atoms with van der Waals surface area (Å²) in [6.45, 7) is 0.837. The fraction of sp³-hybridized carbons (Fsp3) is 1.00. The molecule has 1 unspecified atom stereocenters. The van der Waals surface area contributed by atoms with Crippen molar-refractivity contribution in [1.82, 2.24) is 0 Å². The molecule has 74 valence electrons. The molecule has 1 atom stereocenters. The van der Waals surface area contributed by atoms with Gasteiger partial charge in [0.15, 0.2) is 0 Å². The molecular weight excluding hydrogens is 184 g/mol. The van der Waals surface area contributed by atoms with E-state index in [2.05, 4.69) is 4.18 Å². The summed E-state index contributed by atoms with van der Waals surface area (Å²) in [4.78, 5) is 0. The van der Waals surface area contributed by atoms with E-state index in [-0.39, 0.29) is 12.4 Å². The van der Waals surface area contributed by atoms with E-state index >= 15 is 0 Å². The molecule has 2 N–H and O–H groups in total. The highest BCUT2D eigenvalue weighted by atomic mass is 32.2. The van der Waals surface area contributed by atoms with Crippen LogP contribution >= 0.6 is 0 Å². The molecule has 12 heavy (non-hydrogen) atoms. The SMILES string of the molecule is CCCS(=O)(=O)OCC(O)CO. The molecular formula is C6H14O5S. The Morgan fingerprint density at radius 1 is 1.50 bits per heavy atom. The van der Waals surface area contributed by atoms with Crippen molar-refractivity contribution in [3.63, 3.8) is 0 Å². The van der Waals surface area contributed by atoms with E-state index < -0.39 is 22.8 Å². The normalized spacial score (nSPS) is 14.6. The van der Waals surface area contributed by atoms with Crippen molar-refractivity contribution in [3.05, 3.63) is 0 Å². The highest BCUT2D eigenvalue weighted by Crippen LogP contribution is 1.97. The Balaban J connectivity index is 3.76. The van der Waals surface area contributed by atoms with Crippen molar-refractivity contribution < 1.29 is 22.8 Å². The zero-order valence-corrected chi connectivity index (χ0v) is 7.75. The van der Waals surface area contributed by atoms with Gasteiger partial charge < -0.3 is 10.2 Å². The summed E-state index contributed by atoms with van der Waals surface area (Å²) in [5, 5.41) is 17.1. The summed E-state index contributed by atoms with van der Waals surface area (Å²) in [6.07, 6.45) is -0.658. The highest BCUT2D eigenvalue weighted by molar-refractivity contribution is 7.86. The van der Waals surface area contributed by atoms with E-state index in [1.165, 1.54) is 0 Å². The number of aliphatic hydroxyl groups excluding tert-OH is 2. The zero-order valence-electron chi connectivity index (χ0n) is 6.93. The summed E-state index contributed by atoms with van der Waals surface area (Å²) >= 11 is 0. The molecule has 0 aliphatic carbocycles. The average molecular weight is 198 g/mol. The van der Waals surface area contributed by atoms with Gasteiger partial charge in [0.25, 0.3) is 10.1 Å². The molecule has 0 aromatic heterocycles. The lowest BCUT2D eigenvalue weighted by atomic mass is 10.4. The van der Waals surface area contributed by atoms with Gasteiger partial charge in [-0.05, 0) is 6.42 Å². The highest BCUT2D eigenvalue weighted by Gasteiger charge is 2.12. The Hall–Kier alpha value is -0.170. The molecule has 0 aromatic carbocycles. The van der Waals surface area contributed by atoms with Crippen molar-refractivity contribution in [2.45, 2.75) is 19.4 Å². The molecule has 0 saturated carbocycles. The minimum Gasteiger partial charge on any atom is -0.394 e. The van der Waals surface area contributed by atoms with Crippen molar-refractivity contribution in [2.24, 2.45) is 0 Å². The van der Waals surface area contributed by atoms with Crippen molar-refractivity contribution in [3.8, 4) is 0 Å². The average Bonchev–Trinajstić information content (AvgIpc) is 2.00. The first-order valence-electron chi connectivity index (χ1n) is 3.68. The lowest BCUT2D eigenvalue weighted by Crippen LogP contribution is -2.23. The summed E-state index contributed by atoms with van der Waals surface area (Å²) in [7, 11) is -3.51. The van der Waals surface area contributed by atoms with E-state index in [9.17, 15) is 8.42 Å². The molecule has 0 saturated heterocycles. The predicted octanol–water partition coefficient (Wildman–Crippen LogP) is -0.904. The Kier molecular flexibility index (Phi) is 5.39. The maximum Gasteiger partial charge on any atom is 0.267 e. The third-order valence-electron chi connectivity index (χ3n) is 1.10. The van der Waals surface area contributed by atoms with Gasteiger partial charge in [0.1, 0.15) is 6.10 Å². The molecule has 0 bridgehead atoms. The molecule has 5 nitrogen and oxygen atoms in total. The van der Waals surface area contributed by atoms with Gasteiger partial charge in [-0.3, -0.25) is 4.18 Å². The van der Waals surface area contributed by atoms with Gasteiger partial charge in [-0.2, -0.15) is 8.42 Å². The minimum atomic E-state index is -3.51. The Morgan fingerprint density at radius 3 is 2.50 bits per heavy atom. The quantitative estimate of drug-likeness (QED) is 0.540. The first-order valence-corrected chi connectivity index (χ1v) is 5.25. The van der Waals surface area contributed by atoms with Gasteiger partial charge in [0.2, 0.25) is 0 Å². The number of rotatable bonds is 6. The lowest BCUT2D eigenvalue weighted by Gasteiger charge is -2.07. The van der Waals surface area contributed by atoms with Crippen LogP contribution in [-0.2, 0) is 14.3 Å². The molecule has 0 fully saturated rings. The molecule has 0 aliphatic rings. The van der Waals surface area contributed by atoms with Gasteiger partial charge >= 0.3 is 0 Å². The largest absolute Gasteiger partial charge is 0.394 e. The molecule has 0 rings (SSSR count). The van der Waals surface area contributed by atoms with E-state index in [0.29, 0.717) is 6.42 Å². The number of hydrogen-bond donors (Lipinski definition) is 2. The monoisotopic (exact) mass is 198 g/mol. The summed E-state index contributed by atoms with van der Waals surface area (Å²) in [5.74, 6) is -0.0643.